The van der Waals surface area contributed by atoms with E-state index in [1.165, 1.54) is 16.7 Å². The molecule has 3 nitrogen and oxygen atoms in total. The van der Waals surface area contributed by atoms with Crippen LogP contribution in [0.3, 0.4) is 0 Å². The van der Waals surface area contributed by atoms with Gasteiger partial charge in [0, 0.05) is 27.4 Å². The fraction of sp³-hybridized carbons (Fsp3) is 0.385. The van der Waals surface area contributed by atoms with Crippen molar-refractivity contribution in [2.75, 3.05) is 21.3 Å². The van der Waals surface area contributed by atoms with Crippen molar-refractivity contribution in [2.24, 2.45) is 0 Å². The summed E-state index contributed by atoms with van der Waals surface area (Å²) in [6, 6.07) is 7.33. The van der Waals surface area contributed by atoms with Crippen LogP contribution in [-0.2, 0) is 19.7 Å². The Hall–Kier alpha value is -0.943. The molecule has 1 aromatic rings. The minimum absolute atomic E-state index is 0.805. The molecule has 1 aliphatic rings. The van der Waals surface area contributed by atoms with Gasteiger partial charge in [-0.3, -0.25) is 0 Å². The lowest BCUT2D eigenvalue weighted by molar-refractivity contribution is 0.123. The predicted octanol–water partition coefficient (Wildman–Crippen LogP) is 2.59. The molecule has 0 saturated heterocycles. The zero-order chi connectivity index (χ0) is 12.3. The van der Waals surface area contributed by atoms with Gasteiger partial charge in [-0.25, -0.2) is 0 Å². The largest absolute Gasteiger partial charge is 0.500 e. The van der Waals surface area contributed by atoms with Gasteiger partial charge in [0.2, 0.25) is 0 Å². The number of hydrogen-bond donors (Lipinski definition) is 0. The molecule has 1 aliphatic carbocycles. The second-order valence-corrected chi connectivity index (χ2v) is 7.18. The molecule has 0 heterocycles. The van der Waals surface area contributed by atoms with Crippen LogP contribution in [0.25, 0.3) is 12.2 Å². The third kappa shape index (κ3) is 2.50. The Kier molecular flexibility index (Phi) is 3.78. The Labute approximate surface area is 103 Å². The summed E-state index contributed by atoms with van der Waals surface area (Å²) in [5.41, 5.74) is 3.95. The van der Waals surface area contributed by atoms with E-state index in [0.29, 0.717) is 0 Å². The van der Waals surface area contributed by atoms with E-state index in [9.17, 15) is 0 Å². The lowest BCUT2D eigenvalue weighted by atomic mass is 9.95. The molecule has 4 heteroatoms. The van der Waals surface area contributed by atoms with Crippen molar-refractivity contribution < 1.29 is 13.3 Å². The standard InChI is InChI=1S/C13H18O3Si/c1-14-17(15-2,16-3)9-8-11-4-5-12-6-7-13(12)10-11/h4-7,10H,8-9H2,1-3H3. The molecule has 0 atom stereocenters. The van der Waals surface area contributed by atoms with E-state index in [4.69, 9.17) is 13.3 Å². The topological polar surface area (TPSA) is 27.7 Å². The van der Waals surface area contributed by atoms with Crippen molar-refractivity contribution in [1.29, 1.82) is 0 Å². The van der Waals surface area contributed by atoms with Crippen molar-refractivity contribution in [3.8, 4) is 0 Å². The summed E-state index contributed by atoms with van der Waals surface area (Å²) >= 11 is 0. The number of aryl methyl sites for hydroxylation is 1. The van der Waals surface area contributed by atoms with Gasteiger partial charge in [0.05, 0.1) is 0 Å². The lowest BCUT2D eigenvalue weighted by Crippen LogP contribution is -2.43. The van der Waals surface area contributed by atoms with Crippen molar-refractivity contribution in [3.63, 3.8) is 0 Å². The highest BCUT2D eigenvalue weighted by Crippen LogP contribution is 2.25. The zero-order valence-corrected chi connectivity index (χ0v) is 11.5. The number of hydrogen-bond acceptors (Lipinski definition) is 3. The van der Waals surface area contributed by atoms with Gasteiger partial charge in [-0.2, -0.15) is 0 Å². The van der Waals surface area contributed by atoms with E-state index in [-0.39, 0.29) is 0 Å². The van der Waals surface area contributed by atoms with Gasteiger partial charge in [-0.1, -0.05) is 30.4 Å². The van der Waals surface area contributed by atoms with Crippen LogP contribution < -0.4 is 0 Å². The molecular formula is C13H18O3Si. The maximum absolute atomic E-state index is 5.41. The lowest BCUT2D eigenvalue weighted by Gasteiger charge is -2.24. The van der Waals surface area contributed by atoms with Crippen LogP contribution in [0.1, 0.15) is 16.7 Å². The minimum Gasteiger partial charge on any atom is -0.377 e. The van der Waals surface area contributed by atoms with Crippen LogP contribution >= 0.6 is 0 Å². The molecule has 0 radical (unpaired) electrons. The molecule has 0 amide bonds. The Balaban J connectivity index is 1.99. The summed E-state index contributed by atoms with van der Waals surface area (Å²) in [6.45, 7) is 0. The average molecular weight is 250 g/mol. The van der Waals surface area contributed by atoms with Gasteiger partial charge >= 0.3 is 8.80 Å². The van der Waals surface area contributed by atoms with Crippen LogP contribution in [0.2, 0.25) is 6.04 Å². The van der Waals surface area contributed by atoms with E-state index >= 15 is 0 Å². The van der Waals surface area contributed by atoms with Crippen LogP contribution in [0.5, 0.6) is 0 Å². The Morgan fingerprint density at radius 1 is 0.941 bits per heavy atom. The highest BCUT2D eigenvalue weighted by atomic mass is 28.4. The van der Waals surface area contributed by atoms with E-state index in [2.05, 4.69) is 30.4 Å². The molecule has 17 heavy (non-hydrogen) atoms. The van der Waals surface area contributed by atoms with Crippen LogP contribution in [0.4, 0.5) is 0 Å². The molecule has 0 saturated carbocycles. The third-order valence-electron chi connectivity index (χ3n) is 3.25. The molecule has 0 aliphatic heterocycles. The zero-order valence-electron chi connectivity index (χ0n) is 10.5. The first-order valence-electron chi connectivity index (χ1n) is 5.69. The van der Waals surface area contributed by atoms with Gasteiger partial charge in [0.15, 0.2) is 0 Å². The average Bonchev–Trinajstić information content (AvgIpc) is 2.34. The van der Waals surface area contributed by atoms with Gasteiger partial charge in [-0.05, 0) is 23.1 Å². The predicted molar refractivity (Wildman–Crippen MR) is 70.7 cm³/mol. The second kappa shape index (κ2) is 5.14. The fourth-order valence-corrected chi connectivity index (χ4v) is 3.72. The number of rotatable bonds is 6. The van der Waals surface area contributed by atoms with Crippen LogP contribution in [0.15, 0.2) is 18.2 Å². The molecule has 0 aromatic heterocycles. The summed E-state index contributed by atoms with van der Waals surface area (Å²) < 4.78 is 16.2. The van der Waals surface area contributed by atoms with Crippen molar-refractivity contribution >= 4 is 21.0 Å². The summed E-state index contributed by atoms with van der Waals surface area (Å²) in [5, 5.41) is 0. The maximum Gasteiger partial charge on any atom is 0.500 e. The Morgan fingerprint density at radius 3 is 2.06 bits per heavy atom. The van der Waals surface area contributed by atoms with E-state index in [1.54, 1.807) is 21.3 Å². The van der Waals surface area contributed by atoms with Gasteiger partial charge < -0.3 is 13.3 Å². The number of fused-ring (bicyclic) bond motifs is 1. The molecule has 0 spiro atoms. The number of benzene rings is 1. The van der Waals surface area contributed by atoms with E-state index in [1.807, 2.05) is 0 Å². The molecular weight excluding hydrogens is 232 g/mol. The van der Waals surface area contributed by atoms with Gasteiger partial charge in [0.1, 0.15) is 0 Å². The Bertz CT molecular complexity index is 416. The normalized spacial score (nSPS) is 13.4. The first kappa shape index (κ1) is 12.5. The SMILES string of the molecule is CO[Si](CCc1ccc2c(c1)C=C2)(OC)OC. The van der Waals surface area contributed by atoms with E-state index in [0.717, 1.165) is 12.5 Å². The van der Waals surface area contributed by atoms with Gasteiger partial charge in [0.25, 0.3) is 0 Å². The summed E-state index contributed by atoms with van der Waals surface area (Å²) in [5.74, 6) is 0. The molecule has 92 valence electrons. The van der Waals surface area contributed by atoms with Crippen molar-refractivity contribution in [3.05, 3.63) is 34.9 Å². The first-order chi connectivity index (χ1) is 8.23. The molecule has 0 unspecified atom stereocenters. The molecule has 0 bridgehead atoms. The third-order valence-corrected chi connectivity index (χ3v) is 5.97. The maximum atomic E-state index is 5.41. The first-order valence-corrected chi connectivity index (χ1v) is 7.62. The quantitative estimate of drug-likeness (QED) is 0.738. The molecule has 2 rings (SSSR count). The van der Waals surface area contributed by atoms with Crippen LogP contribution in [-0.4, -0.2) is 30.1 Å². The molecule has 0 fully saturated rings. The summed E-state index contributed by atoms with van der Waals surface area (Å²) in [7, 11) is 2.53. The van der Waals surface area contributed by atoms with Crippen LogP contribution in [0, 0.1) is 0 Å². The monoisotopic (exact) mass is 250 g/mol. The van der Waals surface area contributed by atoms with Crippen molar-refractivity contribution in [2.45, 2.75) is 12.5 Å². The van der Waals surface area contributed by atoms with Gasteiger partial charge in [-0.15, -0.1) is 0 Å². The summed E-state index contributed by atoms with van der Waals surface area (Å²) in [6.07, 6.45) is 5.17. The van der Waals surface area contributed by atoms with Crippen molar-refractivity contribution in [1.82, 2.24) is 0 Å². The Morgan fingerprint density at radius 2 is 1.59 bits per heavy atom. The smallest absolute Gasteiger partial charge is 0.377 e. The fourth-order valence-electron chi connectivity index (χ4n) is 2.01. The van der Waals surface area contributed by atoms with E-state index < -0.39 is 8.80 Å². The highest BCUT2D eigenvalue weighted by molar-refractivity contribution is 6.60. The second-order valence-electron chi connectivity index (χ2n) is 4.09. The molecule has 0 N–H and O–H groups in total. The minimum atomic E-state index is -2.43. The highest BCUT2D eigenvalue weighted by Gasteiger charge is 2.37. The molecule has 1 aromatic carbocycles. The summed E-state index contributed by atoms with van der Waals surface area (Å²) in [4.78, 5) is 0.